The Balaban J connectivity index is 3.13. The van der Waals surface area contributed by atoms with Gasteiger partial charge >= 0.3 is 0 Å². The average Bonchev–Trinajstić information content (AvgIpc) is 2.34. The number of carbonyl (C=O) groups excluding carboxylic acids is 1. The van der Waals surface area contributed by atoms with Crippen molar-refractivity contribution in [3.8, 4) is 0 Å². The Hall–Kier alpha value is -1.62. The summed E-state index contributed by atoms with van der Waals surface area (Å²) in [7, 11) is 0. The summed E-state index contributed by atoms with van der Waals surface area (Å²) in [6.07, 6.45) is 0. The van der Waals surface area contributed by atoms with Gasteiger partial charge < -0.3 is 16.0 Å². The van der Waals surface area contributed by atoms with Crippen LogP contribution in [0.25, 0.3) is 0 Å². The van der Waals surface area contributed by atoms with Crippen LogP contribution in [0.2, 0.25) is 0 Å². The molecule has 1 aromatic rings. The Kier molecular flexibility index (Phi) is 5.76. The van der Waals surface area contributed by atoms with Gasteiger partial charge in [0, 0.05) is 23.8 Å². The van der Waals surface area contributed by atoms with Gasteiger partial charge in [0.05, 0.1) is 6.54 Å². The topological polar surface area (TPSA) is 58.4 Å². The van der Waals surface area contributed by atoms with E-state index in [9.17, 15) is 9.18 Å². The molecular weight excluding hydrogens is 245 g/mol. The number of nitrogens with two attached hydrogens (primary N) is 1. The van der Waals surface area contributed by atoms with E-state index >= 15 is 0 Å². The maximum Gasteiger partial charge on any atom is 0.236 e. The van der Waals surface area contributed by atoms with E-state index in [0.717, 1.165) is 12.2 Å². The molecule has 0 atom stereocenters. The lowest BCUT2D eigenvalue weighted by molar-refractivity contribution is -0.116. The second-order valence-electron chi connectivity index (χ2n) is 4.71. The monoisotopic (exact) mass is 267 g/mol. The molecule has 106 valence electrons. The highest BCUT2D eigenvalue weighted by molar-refractivity contribution is 5.80. The Morgan fingerprint density at radius 1 is 1.47 bits per heavy atom. The molecule has 0 unspecified atom stereocenters. The summed E-state index contributed by atoms with van der Waals surface area (Å²) in [5, 5.41) is 3.11. The first-order chi connectivity index (χ1) is 8.97. The van der Waals surface area contributed by atoms with Crippen LogP contribution >= 0.6 is 0 Å². The molecule has 4 nitrogen and oxygen atoms in total. The van der Waals surface area contributed by atoms with Gasteiger partial charge in [-0.05, 0) is 32.5 Å². The van der Waals surface area contributed by atoms with Crippen LogP contribution in [0.3, 0.4) is 0 Å². The van der Waals surface area contributed by atoms with Crippen molar-refractivity contribution in [1.82, 2.24) is 5.32 Å². The molecule has 0 aliphatic heterocycles. The van der Waals surface area contributed by atoms with E-state index in [1.165, 1.54) is 6.07 Å². The van der Waals surface area contributed by atoms with E-state index in [4.69, 9.17) is 5.73 Å². The third-order valence-electron chi connectivity index (χ3n) is 2.90. The lowest BCUT2D eigenvalue weighted by atomic mass is 10.1. The van der Waals surface area contributed by atoms with E-state index in [1.54, 1.807) is 6.07 Å². The molecule has 0 bridgehead atoms. The zero-order chi connectivity index (χ0) is 14.4. The molecule has 3 N–H and O–H groups in total. The summed E-state index contributed by atoms with van der Waals surface area (Å²) in [4.78, 5) is 13.0. The highest BCUT2D eigenvalue weighted by atomic mass is 19.1. The number of hydrogen-bond donors (Lipinski definition) is 2. The van der Waals surface area contributed by atoms with Crippen LogP contribution in [-0.2, 0) is 11.3 Å². The number of nitrogens with zero attached hydrogens (tertiary/aromatic N) is 1. The summed E-state index contributed by atoms with van der Waals surface area (Å²) in [6, 6.07) is 4.96. The fourth-order valence-electron chi connectivity index (χ4n) is 1.96. The number of carbonyl (C=O) groups is 1. The zero-order valence-corrected chi connectivity index (χ0v) is 11.7. The van der Waals surface area contributed by atoms with Gasteiger partial charge in [-0.15, -0.1) is 0 Å². The molecule has 1 amide bonds. The first-order valence-corrected chi connectivity index (χ1v) is 6.50. The molecule has 0 fully saturated rings. The molecular formula is C14H22FN3O. The van der Waals surface area contributed by atoms with Crippen LogP contribution < -0.4 is 16.0 Å². The van der Waals surface area contributed by atoms with Crippen LogP contribution in [-0.4, -0.2) is 25.0 Å². The first kappa shape index (κ1) is 15.4. The summed E-state index contributed by atoms with van der Waals surface area (Å²) in [5.41, 5.74) is 6.55. The maximum absolute atomic E-state index is 14.0. The predicted molar refractivity (Wildman–Crippen MR) is 75.5 cm³/mol. The molecule has 19 heavy (non-hydrogen) atoms. The van der Waals surface area contributed by atoms with Crippen LogP contribution in [0.15, 0.2) is 18.2 Å². The standard InChI is InChI=1S/C14H22FN3O/c1-4-17-8-11-12(15)6-5-7-13(11)18(10(2)3)9-14(16)19/h5-7,10,17H,4,8-9H2,1-3H3,(H2,16,19). The van der Waals surface area contributed by atoms with Gasteiger partial charge in [0.2, 0.25) is 5.91 Å². The van der Waals surface area contributed by atoms with E-state index in [-0.39, 0.29) is 18.4 Å². The van der Waals surface area contributed by atoms with Gasteiger partial charge in [0.25, 0.3) is 0 Å². The van der Waals surface area contributed by atoms with E-state index in [2.05, 4.69) is 5.32 Å². The number of rotatable bonds is 7. The van der Waals surface area contributed by atoms with E-state index in [1.807, 2.05) is 31.7 Å². The smallest absolute Gasteiger partial charge is 0.236 e. The molecule has 1 aromatic carbocycles. The molecule has 0 saturated carbocycles. The third kappa shape index (κ3) is 4.21. The number of anilines is 1. The van der Waals surface area contributed by atoms with Crippen molar-refractivity contribution < 1.29 is 9.18 Å². The predicted octanol–water partition coefficient (Wildman–Crippen LogP) is 1.64. The second-order valence-corrected chi connectivity index (χ2v) is 4.71. The number of nitrogens with one attached hydrogen (secondary N) is 1. The lowest BCUT2D eigenvalue weighted by Crippen LogP contribution is -2.39. The molecule has 1 rings (SSSR count). The Morgan fingerprint density at radius 3 is 2.68 bits per heavy atom. The molecule has 0 aliphatic carbocycles. The maximum atomic E-state index is 14.0. The van der Waals surface area contributed by atoms with Crippen molar-refractivity contribution >= 4 is 11.6 Å². The fraction of sp³-hybridized carbons (Fsp3) is 0.500. The second kappa shape index (κ2) is 7.09. The van der Waals surface area contributed by atoms with Crippen molar-refractivity contribution in [3.63, 3.8) is 0 Å². The molecule has 0 aliphatic rings. The lowest BCUT2D eigenvalue weighted by Gasteiger charge is -2.30. The SMILES string of the molecule is CCNCc1c(F)cccc1N(CC(N)=O)C(C)C. The largest absolute Gasteiger partial charge is 0.368 e. The molecule has 0 saturated heterocycles. The molecule has 0 heterocycles. The van der Waals surface area contributed by atoms with Crippen LogP contribution in [0.4, 0.5) is 10.1 Å². The molecule has 0 radical (unpaired) electrons. The van der Waals surface area contributed by atoms with Gasteiger partial charge in [-0.3, -0.25) is 4.79 Å². The van der Waals surface area contributed by atoms with E-state index < -0.39 is 5.91 Å². The number of halogens is 1. The van der Waals surface area contributed by atoms with Crippen molar-refractivity contribution in [3.05, 3.63) is 29.6 Å². The average molecular weight is 267 g/mol. The molecule has 0 aromatic heterocycles. The zero-order valence-electron chi connectivity index (χ0n) is 11.7. The summed E-state index contributed by atoms with van der Waals surface area (Å²) < 4.78 is 14.0. The molecule has 0 spiro atoms. The minimum Gasteiger partial charge on any atom is -0.368 e. The third-order valence-corrected chi connectivity index (χ3v) is 2.90. The normalized spacial score (nSPS) is 10.8. The van der Waals surface area contributed by atoms with Crippen LogP contribution in [0.1, 0.15) is 26.3 Å². The van der Waals surface area contributed by atoms with Gasteiger partial charge in [0.15, 0.2) is 0 Å². The summed E-state index contributed by atoms with van der Waals surface area (Å²) in [5.74, 6) is -0.694. The van der Waals surface area contributed by atoms with Crippen molar-refractivity contribution in [1.29, 1.82) is 0 Å². The first-order valence-electron chi connectivity index (χ1n) is 6.50. The minimum atomic E-state index is -0.424. The highest BCUT2D eigenvalue weighted by Gasteiger charge is 2.18. The Morgan fingerprint density at radius 2 is 2.16 bits per heavy atom. The minimum absolute atomic E-state index is 0.0645. The molecule has 5 heteroatoms. The quantitative estimate of drug-likeness (QED) is 0.789. The number of benzene rings is 1. The summed E-state index contributed by atoms with van der Waals surface area (Å²) >= 11 is 0. The highest BCUT2D eigenvalue weighted by Crippen LogP contribution is 2.24. The van der Waals surface area contributed by atoms with Gasteiger partial charge in [-0.25, -0.2) is 4.39 Å². The van der Waals surface area contributed by atoms with Gasteiger partial charge in [-0.2, -0.15) is 0 Å². The number of primary amides is 1. The number of hydrogen-bond acceptors (Lipinski definition) is 3. The Labute approximate surface area is 113 Å². The van der Waals surface area contributed by atoms with Gasteiger partial charge in [0.1, 0.15) is 5.82 Å². The van der Waals surface area contributed by atoms with Crippen LogP contribution in [0, 0.1) is 5.82 Å². The van der Waals surface area contributed by atoms with E-state index in [0.29, 0.717) is 12.1 Å². The Bertz CT molecular complexity index is 435. The van der Waals surface area contributed by atoms with Crippen molar-refractivity contribution in [2.45, 2.75) is 33.4 Å². The van der Waals surface area contributed by atoms with Crippen LogP contribution in [0.5, 0.6) is 0 Å². The number of amides is 1. The van der Waals surface area contributed by atoms with Crippen molar-refractivity contribution in [2.24, 2.45) is 5.73 Å². The van der Waals surface area contributed by atoms with Crippen molar-refractivity contribution in [2.75, 3.05) is 18.0 Å². The fourth-order valence-corrected chi connectivity index (χ4v) is 1.96. The summed E-state index contributed by atoms with van der Waals surface area (Å²) in [6.45, 7) is 7.13. The van der Waals surface area contributed by atoms with Gasteiger partial charge in [-0.1, -0.05) is 13.0 Å².